The van der Waals surface area contributed by atoms with Crippen molar-refractivity contribution in [1.29, 1.82) is 0 Å². The zero-order valence-electron chi connectivity index (χ0n) is 14.1. The van der Waals surface area contributed by atoms with E-state index in [1.54, 1.807) is 12.3 Å². The minimum atomic E-state index is 0.527. The third-order valence-corrected chi connectivity index (χ3v) is 3.85. The van der Waals surface area contributed by atoms with Crippen LogP contribution in [0.5, 0.6) is 0 Å². The van der Waals surface area contributed by atoms with Gasteiger partial charge in [0, 0.05) is 11.9 Å². The number of hydrogen-bond acceptors (Lipinski definition) is 5. The molecular formula is C19H23N5. The Balaban J connectivity index is 1.70. The lowest BCUT2D eigenvalue weighted by Crippen LogP contribution is -2.11. The molecule has 0 amide bonds. The molecule has 2 aromatic rings. The van der Waals surface area contributed by atoms with Gasteiger partial charge >= 0.3 is 0 Å². The summed E-state index contributed by atoms with van der Waals surface area (Å²) in [5.41, 5.74) is 10.4. The number of rotatable bonds is 6. The van der Waals surface area contributed by atoms with Crippen molar-refractivity contribution in [2.45, 2.75) is 26.7 Å². The standard InChI is InChI=1S/C19H23N5/c1-12-8-13(2)10-16(9-12)22-19-21-7-6-18(24-19)23-17(20)11-14(3)15-4-5-15/h6-11,15H,3-5,20H2,1-2H3,(H2,21,22,23,24)/b17-11+. The van der Waals surface area contributed by atoms with E-state index in [2.05, 4.69) is 59.2 Å². The van der Waals surface area contributed by atoms with Crippen molar-refractivity contribution in [2.24, 2.45) is 11.7 Å². The topological polar surface area (TPSA) is 75.9 Å². The molecule has 0 saturated heterocycles. The average Bonchev–Trinajstić information content (AvgIpc) is 3.30. The Kier molecular flexibility index (Phi) is 4.51. The lowest BCUT2D eigenvalue weighted by Gasteiger charge is -2.10. The van der Waals surface area contributed by atoms with Crippen molar-refractivity contribution >= 4 is 17.5 Å². The molecule has 1 fully saturated rings. The van der Waals surface area contributed by atoms with E-state index in [1.165, 1.54) is 24.0 Å². The van der Waals surface area contributed by atoms with Crippen LogP contribution in [0.3, 0.4) is 0 Å². The maximum atomic E-state index is 6.02. The van der Waals surface area contributed by atoms with Gasteiger partial charge in [0.15, 0.2) is 0 Å². The smallest absolute Gasteiger partial charge is 0.229 e. The van der Waals surface area contributed by atoms with Gasteiger partial charge in [-0.25, -0.2) is 4.98 Å². The fraction of sp³-hybridized carbons (Fsp3) is 0.263. The predicted octanol–water partition coefficient (Wildman–Crippen LogP) is 4.02. The Bertz CT molecular complexity index is 770. The molecule has 0 radical (unpaired) electrons. The molecule has 0 bridgehead atoms. The van der Waals surface area contributed by atoms with E-state index in [-0.39, 0.29) is 0 Å². The monoisotopic (exact) mass is 321 g/mol. The molecule has 24 heavy (non-hydrogen) atoms. The molecular weight excluding hydrogens is 298 g/mol. The first-order valence-electron chi connectivity index (χ1n) is 8.11. The summed E-state index contributed by atoms with van der Waals surface area (Å²) in [7, 11) is 0. The highest BCUT2D eigenvalue weighted by Crippen LogP contribution is 2.36. The van der Waals surface area contributed by atoms with E-state index in [9.17, 15) is 0 Å². The Morgan fingerprint density at radius 1 is 1.25 bits per heavy atom. The van der Waals surface area contributed by atoms with Crippen LogP contribution in [0.2, 0.25) is 0 Å². The van der Waals surface area contributed by atoms with Crippen LogP contribution in [-0.2, 0) is 0 Å². The molecule has 5 nitrogen and oxygen atoms in total. The highest BCUT2D eigenvalue weighted by molar-refractivity contribution is 5.57. The molecule has 1 saturated carbocycles. The second kappa shape index (κ2) is 6.74. The molecule has 4 N–H and O–H groups in total. The zero-order chi connectivity index (χ0) is 17.1. The number of aryl methyl sites for hydroxylation is 2. The molecule has 5 heteroatoms. The number of hydrogen-bond donors (Lipinski definition) is 3. The normalized spacial score (nSPS) is 14.3. The number of nitrogens with two attached hydrogens (primary N) is 1. The van der Waals surface area contributed by atoms with Crippen LogP contribution < -0.4 is 16.4 Å². The van der Waals surface area contributed by atoms with Gasteiger partial charge in [-0.2, -0.15) is 4.98 Å². The lowest BCUT2D eigenvalue weighted by atomic mass is 10.1. The van der Waals surface area contributed by atoms with Gasteiger partial charge in [-0.3, -0.25) is 0 Å². The predicted molar refractivity (Wildman–Crippen MR) is 99.0 cm³/mol. The molecule has 1 aliphatic carbocycles. The third kappa shape index (κ3) is 4.35. The Labute approximate surface area is 142 Å². The summed E-state index contributed by atoms with van der Waals surface area (Å²) in [6.07, 6.45) is 6.00. The van der Waals surface area contributed by atoms with Crippen molar-refractivity contribution in [3.8, 4) is 0 Å². The van der Waals surface area contributed by atoms with E-state index in [4.69, 9.17) is 5.73 Å². The number of benzene rings is 1. The Morgan fingerprint density at radius 2 is 1.96 bits per heavy atom. The first kappa shape index (κ1) is 16.1. The minimum Gasteiger partial charge on any atom is -0.385 e. The number of nitrogens with one attached hydrogen (secondary N) is 2. The molecule has 0 unspecified atom stereocenters. The van der Waals surface area contributed by atoms with Crippen LogP contribution in [0.25, 0.3) is 0 Å². The van der Waals surface area contributed by atoms with Crippen LogP contribution in [0.15, 0.2) is 54.5 Å². The zero-order valence-corrected chi connectivity index (χ0v) is 14.1. The molecule has 1 aromatic heterocycles. The van der Waals surface area contributed by atoms with Crippen molar-refractivity contribution in [2.75, 3.05) is 10.6 Å². The molecule has 1 heterocycles. The van der Waals surface area contributed by atoms with Crippen LogP contribution in [0.1, 0.15) is 24.0 Å². The van der Waals surface area contributed by atoms with Crippen LogP contribution in [0, 0.1) is 19.8 Å². The van der Waals surface area contributed by atoms with Crippen molar-refractivity contribution in [1.82, 2.24) is 9.97 Å². The van der Waals surface area contributed by atoms with Crippen LogP contribution in [0.4, 0.5) is 17.5 Å². The number of allylic oxidation sites excluding steroid dienone is 2. The SMILES string of the molecule is C=C(/C=C(\N)Nc1ccnc(Nc2cc(C)cc(C)c2)n1)C1CC1. The van der Waals surface area contributed by atoms with Crippen LogP contribution in [-0.4, -0.2) is 9.97 Å². The van der Waals surface area contributed by atoms with E-state index in [0.717, 1.165) is 11.3 Å². The highest BCUT2D eigenvalue weighted by atomic mass is 15.2. The summed E-state index contributed by atoms with van der Waals surface area (Å²) in [6.45, 7) is 8.18. The van der Waals surface area contributed by atoms with E-state index < -0.39 is 0 Å². The maximum Gasteiger partial charge on any atom is 0.229 e. The number of nitrogens with zero attached hydrogens (tertiary/aromatic N) is 2. The van der Waals surface area contributed by atoms with Gasteiger partial charge in [0.05, 0.1) is 0 Å². The minimum absolute atomic E-state index is 0.527. The lowest BCUT2D eigenvalue weighted by molar-refractivity contribution is 1.05. The summed E-state index contributed by atoms with van der Waals surface area (Å²) in [6, 6.07) is 8.03. The second-order valence-corrected chi connectivity index (χ2v) is 6.34. The Morgan fingerprint density at radius 3 is 2.62 bits per heavy atom. The molecule has 124 valence electrons. The van der Waals surface area contributed by atoms with Gasteiger partial charge < -0.3 is 16.4 Å². The molecule has 0 spiro atoms. The summed E-state index contributed by atoms with van der Waals surface area (Å²) in [4.78, 5) is 8.71. The van der Waals surface area contributed by atoms with E-state index >= 15 is 0 Å². The largest absolute Gasteiger partial charge is 0.385 e. The molecule has 1 aromatic carbocycles. The van der Waals surface area contributed by atoms with Gasteiger partial charge in [-0.05, 0) is 73.6 Å². The van der Waals surface area contributed by atoms with E-state index in [0.29, 0.717) is 23.5 Å². The summed E-state index contributed by atoms with van der Waals surface area (Å²) in [5, 5.41) is 6.32. The van der Waals surface area contributed by atoms with Gasteiger partial charge in [-0.15, -0.1) is 0 Å². The number of anilines is 3. The first-order chi connectivity index (χ1) is 11.5. The van der Waals surface area contributed by atoms with Gasteiger partial charge in [0.2, 0.25) is 5.95 Å². The first-order valence-corrected chi connectivity index (χ1v) is 8.11. The fourth-order valence-corrected chi connectivity index (χ4v) is 2.62. The van der Waals surface area contributed by atoms with Crippen molar-refractivity contribution < 1.29 is 0 Å². The second-order valence-electron chi connectivity index (χ2n) is 6.34. The number of aromatic nitrogens is 2. The van der Waals surface area contributed by atoms with Gasteiger partial charge in [0.1, 0.15) is 11.6 Å². The van der Waals surface area contributed by atoms with E-state index in [1.807, 2.05) is 6.08 Å². The Hall–Kier alpha value is -2.82. The van der Waals surface area contributed by atoms with Crippen LogP contribution >= 0.6 is 0 Å². The fourth-order valence-electron chi connectivity index (χ4n) is 2.62. The quantitative estimate of drug-likeness (QED) is 0.701. The molecule has 1 aliphatic rings. The van der Waals surface area contributed by atoms with Gasteiger partial charge in [0.25, 0.3) is 0 Å². The average molecular weight is 321 g/mol. The molecule has 3 rings (SSSR count). The summed E-state index contributed by atoms with van der Waals surface area (Å²) < 4.78 is 0. The summed E-state index contributed by atoms with van der Waals surface area (Å²) in [5.74, 6) is 2.31. The highest BCUT2D eigenvalue weighted by Gasteiger charge is 2.23. The molecule has 0 atom stereocenters. The van der Waals surface area contributed by atoms with Gasteiger partial charge in [-0.1, -0.05) is 12.6 Å². The molecule has 0 aliphatic heterocycles. The van der Waals surface area contributed by atoms with Crippen molar-refractivity contribution in [3.63, 3.8) is 0 Å². The van der Waals surface area contributed by atoms with Crippen molar-refractivity contribution in [3.05, 3.63) is 65.6 Å². The third-order valence-electron chi connectivity index (χ3n) is 3.85. The maximum absolute atomic E-state index is 6.02. The summed E-state index contributed by atoms with van der Waals surface area (Å²) >= 11 is 0.